The molecule has 1 N–H and O–H groups in total. The van der Waals surface area contributed by atoms with Gasteiger partial charge < -0.3 is 15.0 Å². The Morgan fingerprint density at radius 2 is 2.06 bits per heavy atom. The van der Waals surface area contributed by atoms with Gasteiger partial charge in [-0.05, 0) is 44.0 Å². The molecule has 2 aliphatic rings. The number of anilines is 1. The third-order valence-corrected chi connectivity index (χ3v) is 3.71. The molecule has 96 valence electrons. The first kappa shape index (κ1) is 11.5. The van der Waals surface area contributed by atoms with Crippen LogP contribution < -0.4 is 15.0 Å². The Hall–Kier alpha value is -1.55. The van der Waals surface area contributed by atoms with Crippen LogP contribution in [0.25, 0.3) is 0 Å². The summed E-state index contributed by atoms with van der Waals surface area (Å²) in [6.07, 6.45) is 2.29. The Kier molecular flexibility index (Phi) is 3.19. The van der Waals surface area contributed by atoms with E-state index in [0.717, 1.165) is 43.9 Å². The maximum Gasteiger partial charge on any atom is 0.265 e. The standard InChI is InChI=1S/C14H18N2O2/c17-14-10-18-13-4-2-1-3-12(13)16(14)9-11-5-7-15-8-6-11/h1-4,11,15H,5-10H2. The van der Waals surface area contributed by atoms with Gasteiger partial charge in [0.05, 0.1) is 5.69 Å². The summed E-state index contributed by atoms with van der Waals surface area (Å²) in [6, 6.07) is 7.79. The molecule has 1 aromatic rings. The summed E-state index contributed by atoms with van der Waals surface area (Å²) in [6.45, 7) is 3.11. The first-order valence-corrected chi connectivity index (χ1v) is 6.57. The van der Waals surface area contributed by atoms with Crippen LogP contribution in [0.5, 0.6) is 5.75 Å². The molecule has 2 aliphatic heterocycles. The SMILES string of the molecule is O=C1COc2ccccc2N1CC1CCNCC1. The Bertz CT molecular complexity index is 441. The number of ether oxygens (including phenoxy) is 1. The van der Waals surface area contributed by atoms with Crippen LogP contribution in [0.4, 0.5) is 5.69 Å². The number of rotatable bonds is 2. The van der Waals surface area contributed by atoms with Gasteiger partial charge in [-0.3, -0.25) is 4.79 Å². The molecule has 4 nitrogen and oxygen atoms in total. The molecule has 3 rings (SSSR count). The van der Waals surface area contributed by atoms with Gasteiger partial charge in [0.25, 0.3) is 5.91 Å². The lowest BCUT2D eigenvalue weighted by Crippen LogP contribution is -2.43. The maximum absolute atomic E-state index is 12.0. The first-order valence-electron chi connectivity index (χ1n) is 6.57. The monoisotopic (exact) mass is 246 g/mol. The van der Waals surface area contributed by atoms with Gasteiger partial charge in [-0.15, -0.1) is 0 Å². The zero-order valence-electron chi connectivity index (χ0n) is 10.4. The van der Waals surface area contributed by atoms with Crippen molar-refractivity contribution in [2.45, 2.75) is 12.8 Å². The van der Waals surface area contributed by atoms with E-state index < -0.39 is 0 Å². The smallest absolute Gasteiger partial charge is 0.265 e. The second-order valence-corrected chi connectivity index (χ2v) is 4.95. The Balaban J connectivity index is 1.79. The lowest BCUT2D eigenvalue weighted by molar-refractivity contribution is -0.121. The summed E-state index contributed by atoms with van der Waals surface area (Å²) in [5.41, 5.74) is 0.923. The van der Waals surface area contributed by atoms with E-state index in [9.17, 15) is 4.79 Å². The predicted octanol–water partition coefficient (Wildman–Crippen LogP) is 1.41. The quantitative estimate of drug-likeness (QED) is 0.858. The van der Waals surface area contributed by atoms with Crippen molar-refractivity contribution in [2.24, 2.45) is 5.92 Å². The summed E-state index contributed by atoms with van der Waals surface area (Å²) in [7, 11) is 0. The number of nitrogens with one attached hydrogen (secondary N) is 1. The van der Waals surface area contributed by atoms with Crippen molar-refractivity contribution in [1.29, 1.82) is 0 Å². The molecule has 18 heavy (non-hydrogen) atoms. The summed E-state index contributed by atoms with van der Waals surface area (Å²) in [5.74, 6) is 1.50. The highest BCUT2D eigenvalue weighted by atomic mass is 16.5. The van der Waals surface area contributed by atoms with Crippen LogP contribution >= 0.6 is 0 Å². The van der Waals surface area contributed by atoms with E-state index in [-0.39, 0.29) is 12.5 Å². The summed E-state index contributed by atoms with van der Waals surface area (Å²) >= 11 is 0. The van der Waals surface area contributed by atoms with E-state index in [0.29, 0.717) is 5.92 Å². The van der Waals surface area contributed by atoms with Gasteiger partial charge in [-0.25, -0.2) is 0 Å². The van der Waals surface area contributed by atoms with Crippen LogP contribution in [0, 0.1) is 5.92 Å². The molecule has 0 bridgehead atoms. The number of piperidine rings is 1. The Labute approximate surface area is 107 Å². The minimum absolute atomic E-state index is 0.0761. The molecule has 2 heterocycles. The molecule has 0 atom stereocenters. The molecule has 1 amide bonds. The molecule has 1 aromatic carbocycles. The molecule has 4 heteroatoms. The number of nitrogens with zero attached hydrogens (tertiary/aromatic N) is 1. The van der Waals surface area contributed by atoms with Gasteiger partial charge in [0.2, 0.25) is 0 Å². The number of benzene rings is 1. The summed E-state index contributed by atoms with van der Waals surface area (Å²) in [5, 5.41) is 3.35. The fraction of sp³-hybridized carbons (Fsp3) is 0.500. The number of carbonyl (C=O) groups is 1. The van der Waals surface area contributed by atoms with Crippen molar-refractivity contribution in [2.75, 3.05) is 31.1 Å². The number of hydrogen-bond acceptors (Lipinski definition) is 3. The summed E-state index contributed by atoms with van der Waals surface area (Å²) in [4.78, 5) is 13.9. The fourth-order valence-electron chi connectivity index (χ4n) is 2.68. The van der Waals surface area contributed by atoms with Crippen molar-refractivity contribution in [3.63, 3.8) is 0 Å². The van der Waals surface area contributed by atoms with Gasteiger partial charge in [-0.1, -0.05) is 12.1 Å². The van der Waals surface area contributed by atoms with Crippen molar-refractivity contribution in [1.82, 2.24) is 5.32 Å². The molecule has 1 saturated heterocycles. The molecular formula is C14H18N2O2. The average Bonchev–Trinajstić information content (AvgIpc) is 2.43. The van der Waals surface area contributed by atoms with Gasteiger partial charge in [-0.2, -0.15) is 0 Å². The van der Waals surface area contributed by atoms with Crippen molar-refractivity contribution < 1.29 is 9.53 Å². The Morgan fingerprint density at radius 1 is 1.28 bits per heavy atom. The van der Waals surface area contributed by atoms with Crippen LogP contribution in [-0.2, 0) is 4.79 Å². The number of carbonyl (C=O) groups excluding carboxylic acids is 1. The van der Waals surface area contributed by atoms with Crippen LogP contribution in [0.2, 0.25) is 0 Å². The van der Waals surface area contributed by atoms with Gasteiger partial charge in [0, 0.05) is 6.54 Å². The van der Waals surface area contributed by atoms with Crippen molar-refractivity contribution in [3.05, 3.63) is 24.3 Å². The molecule has 0 aliphatic carbocycles. The normalized spacial score (nSPS) is 20.4. The minimum Gasteiger partial charge on any atom is -0.482 e. The molecule has 0 unspecified atom stereocenters. The highest BCUT2D eigenvalue weighted by molar-refractivity contribution is 5.97. The van der Waals surface area contributed by atoms with E-state index in [1.54, 1.807) is 0 Å². The third kappa shape index (κ3) is 2.20. The number of fused-ring (bicyclic) bond motifs is 1. The van der Waals surface area contributed by atoms with E-state index in [2.05, 4.69) is 5.32 Å². The largest absolute Gasteiger partial charge is 0.482 e. The second kappa shape index (κ2) is 4.98. The van der Waals surface area contributed by atoms with Crippen LogP contribution in [-0.4, -0.2) is 32.1 Å². The van der Waals surface area contributed by atoms with Crippen LogP contribution in [0.3, 0.4) is 0 Å². The zero-order valence-corrected chi connectivity index (χ0v) is 10.4. The predicted molar refractivity (Wildman–Crippen MR) is 69.9 cm³/mol. The van der Waals surface area contributed by atoms with Crippen LogP contribution in [0.15, 0.2) is 24.3 Å². The molecule has 0 saturated carbocycles. The highest BCUT2D eigenvalue weighted by Gasteiger charge is 2.27. The van der Waals surface area contributed by atoms with Crippen molar-refractivity contribution in [3.8, 4) is 5.75 Å². The second-order valence-electron chi connectivity index (χ2n) is 4.95. The highest BCUT2D eigenvalue weighted by Crippen LogP contribution is 2.32. The van der Waals surface area contributed by atoms with Crippen LogP contribution in [0.1, 0.15) is 12.8 Å². The van der Waals surface area contributed by atoms with E-state index in [1.807, 2.05) is 29.2 Å². The average molecular weight is 246 g/mol. The van der Waals surface area contributed by atoms with Gasteiger partial charge >= 0.3 is 0 Å². The van der Waals surface area contributed by atoms with Gasteiger partial charge in [0.15, 0.2) is 6.61 Å². The lowest BCUT2D eigenvalue weighted by atomic mass is 9.97. The number of para-hydroxylation sites is 2. The molecular weight excluding hydrogens is 228 g/mol. The van der Waals surface area contributed by atoms with E-state index >= 15 is 0 Å². The van der Waals surface area contributed by atoms with E-state index in [4.69, 9.17) is 4.74 Å². The molecule has 0 spiro atoms. The number of hydrogen-bond donors (Lipinski definition) is 1. The molecule has 0 radical (unpaired) electrons. The third-order valence-electron chi connectivity index (χ3n) is 3.71. The maximum atomic E-state index is 12.0. The van der Waals surface area contributed by atoms with E-state index in [1.165, 1.54) is 0 Å². The molecule has 0 aromatic heterocycles. The van der Waals surface area contributed by atoms with Gasteiger partial charge in [0.1, 0.15) is 5.75 Å². The number of amides is 1. The zero-order chi connectivity index (χ0) is 12.4. The molecule has 1 fully saturated rings. The Morgan fingerprint density at radius 3 is 2.89 bits per heavy atom. The topological polar surface area (TPSA) is 41.6 Å². The first-order chi connectivity index (χ1) is 8.84. The summed E-state index contributed by atoms with van der Waals surface area (Å²) < 4.78 is 5.45. The van der Waals surface area contributed by atoms with Crippen molar-refractivity contribution >= 4 is 11.6 Å². The minimum atomic E-state index is 0.0761. The lowest BCUT2D eigenvalue weighted by Gasteiger charge is -2.33. The fourth-order valence-corrected chi connectivity index (χ4v) is 2.68.